The summed E-state index contributed by atoms with van der Waals surface area (Å²) in [6.45, 7) is 1.39. The number of hydrogen-bond donors (Lipinski definition) is 4. The quantitative estimate of drug-likeness (QED) is 0.625. The van der Waals surface area contributed by atoms with Crippen LogP contribution < -0.4 is 5.32 Å². The van der Waals surface area contributed by atoms with Gasteiger partial charge in [-0.3, -0.25) is 0 Å². The van der Waals surface area contributed by atoms with Crippen molar-refractivity contribution in [1.82, 2.24) is 5.32 Å². The lowest BCUT2D eigenvalue weighted by Gasteiger charge is -2.27. The average Bonchev–Trinajstić information content (AvgIpc) is 2.88. The highest BCUT2D eigenvalue weighted by Crippen LogP contribution is 2.40. The second-order valence-corrected chi connectivity index (χ2v) is 6.41. The van der Waals surface area contributed by atoms with Crippen LogP contribution >= 0.6 is 11.8 Å². The summed E-state index contributed by atoms with van der Waals surface area (Å²) in [5.74, 6) is -0.977. The number of aromatic hydroxyl groups is 3. The van der Waals surface area contributed by atoms with Crippen molar-refractivity contribution in [2.24, 2.45) is 0 Å². The average molecular weight is 283 g/mol. The Morgan fingerprint density at radius 3 is 2.47 bits per heavy atom. The molecule has 0 radical (unpaired) electrons. The molecule has 1 aliphatic rings. The minimum Gasteiger partial charge on any atom is -0.504 e. The van der Waals surface area contributed by atoms with Crippen LogP contribution in [0.15, 0.2) is 12.1 Å². The van der Waals surface area contributed by atoms with Crippen molar-refractivity contribution in [2.45, 2.75) is 37.0 Å². The van der Waals surface area contributed by atoms with E-state index in [0.29, 0.717) is 16.9 Å². The fourth-order valence-corrected chi connectivity index (χ4v) is 3.59. The van der Waals surface area contributed by atoms with Gasteiger partial charge in [-0.15, -0.1) is 0 Å². The molecule has 4 N–H and O–H groups in total. The topological polar surface area (TPSA) is 72.7 Å². The Bertz CT molecular complexity index is 445. The van der Waals surface area contributed by atoms with Crippen LogP contribution in [0.3, 0.4) is 0 Å². The van der Waals surface area contributed by atoms with Crippen LogP contribution in [0.4, 0.5) is 0 Å². The molecule has 0 unspecified atom stereocenters. The molecule has 0 aliphatic heterocycles. The standard InChI is InChI=1S/C14H21NO3S/c1-19-14(6-2-3-7-14)9-15-8-10-4-5-11(16)13(18)12(10)17/h4-5,15-18H,2-3,6-9H2,1H3. The summed E-state index contributed by atoms with van der Waals surface area (Å²) in [6, 6.07) is 3.02. The minimum atomic E-state index is -0.445. The van der Waals surface area contributed by atoms with Gasteiger partial charge in [0, 0.05) is 23.4 Å². The lowest BCUT2D eigenvalue weighted by atomic mass is 10.1. The zero-order valence-electron chi connectivity index (χ0n) is 11.1. The number of rotatable bonds is 5. The lowest BCUT2D eigenvalue weighted by molar-refractivity contribution is 0.363. The molecule has 1 aliphatic carbocycles. The minimum absolute atomic E-state index is 0.239. The van der Waals surface area contributed by atoms with Gasteiger partial charge in [0.05, 0.1) is 0 Å². The van der Waals surface area contributed by atoms with E-state index in [1.165, 1.54) is 31.7 Å². The number of nitrogens with one attached hydrogen (secondary N) is 1. The van der Waals surface area contributed by atoms with Crippen LogP contribution in [0.25, 0.3) is 0 Å². The second-order valence-electron chi connectivity index (χ2n) is 5.14. The van der Waals surface area contributed by atoms with E-state index in [0.717, 1.165) is 6.54 Å². The largest absolute Gasteiger partial charge is 0.504 e. The van der Waals surface area contributed by atoms with E-state index in [1.807, 2.05) is 11.8 Å². The summed E-state index contributed by atoms with van der Waals surface area (Å²) >= 11 is 1.91. The number of phenolic OH excluding ortho intramolecular Hbond substituents is 3. The van der Waals surface area contributed by atoms with Gasteiger partial charge in [-0.2, -0.15) is 11.8 Å². The molecule has 0 amide bonds. The predicted octanol–water partition coefficient (Wildman–Crippen LogP) is 2.57. The van der Waals surface area contributed by atoms with Gasteiger partial charge in [-0.05, 0) is 25.2 Å². The number of benzene rings is 1. The third-order valence-electron chi connectivity index (χ3n) is 3.92. The summed E-state index contributed by atoms with van der Waals surface area (Å²) in [6.07, 6.45) is 7.18. The molecule has 0 atom stereocenters. The first kappa shape index (κ1) is 14.3. The molecule has 0 saturated heterocycles. The molecule has 1 saturated carbocycles. The monoisotopic (exact) mass is 283 g/mol. The summed E-state index contributed by atoms with van der Waals surface area (Å²) in [5, 5.41) is 31.8. The number of hydrogen-bond acceptors (Lipinski definition) is 5. The highest BCUT2D eigenvalue weighted by atomic mass is 32.2. The highest BCUT2D eigenvalue weighted by molar-refractivity contribution is 8.00. The maximum Gasteiger partial charge on any atom is 0.200 e. The Morgan fingerprint density at radius 1 is 1.16 bits per heavy atom. The normalized spacial score (nSPS) is 17.7. The molecule has 0 bridgehead atoms. The van der Waals surface area contributed by atoms with E-state index >= 15 is 0 Å². The molecule has 5 heteroatoms. The maximum absolute atomic E-state index is 9.74. The second kappa shape index (κ2) is 5.92. The SMILES string of the molecule is CSC1(CNCc2ccc(O)c(O)c2O)CCCC1. The Labute approximate surface area is 117 Å². The summed E-state index contributed by atoms with van der Waals surface area (Å²) in [5.41, 5.74) is 0.601. The van der Waals surface area contributed by atoms with Crippen LogP contribution in [-0.2, 0) is 6.54 Å². The summed E-state index contributed by atoms with van der Waals surface area (Å²) < 4.78 is 0.314. The van der Waals surface area contributed by atoms with Crippen molar-refractivity contribution in [3.8, 4) is 17.2 Å². The third kappa shape index (κ3) is 3.09. The molecule has 1 aromatic rings. The Kier molecular flexibility index (Phi) is 4.47. The van der Waals surface area contributed by atoms with Crippen LogP contribution in [0.2, 0.25) is 0 Å². The zero-order chi connectivity index (χ0) is 13.9. The molecule has 2 rings (SSSR count). The molecular formula is C14H21NO3S. The van der Waals surface area contributed by atoms with E-state index in [2.05, 4.69) is 11.6 Å². The van der Waals surface area contributed by atoms with Gasteiger partial charge in [0.15, 0.2) is 11.5 Å². The van der Waals surface area contributed by atoms with E-state index in [1.54, 1.807) is 6.07 Å². The smallest absolute Gasteiger partial charge is 0.200 e. The van der Waals surface area contributed by atoms with Gasteiger partial charge in [0.1, 0.15) is 0 Å². The fourth-order valence-electron chi connectivity index (χ4n) is 2.65. The van der Waals surface area contributed by atoms with Crippen molar-refractivity contribution >= 4 is 11.8 Å². The van der Waals surface area contributed by atoms with Crippen molar-refractivity contribution in [3.63, 3.8) is 0 Å². The van der Waals surface area contributed by atoms with Crippen molar-refractivity contribution in [3.05, 3.63) is 17.7 Å². The Morgan fingerprint density at radius 2 is 1.84 bits per heavy atom. The van der Waals surface area contributed by atoms with Crippen LogP contribution in [0, 0.1) is 0 Å². The van der Waals surface area contributed by atoms with Gasteiger partial charge in [0.25, 0.3) is 0 Å². The first-order chi connectivity index (χ1) is 9.08. The van der Waals surface area contributed by atoms with E-state index < -0.39 is 5.75 Å². The lowest BCUT2D eigenvalue weighted by Crippen LogP contribution is -2.34. The fraction of sp³-hybridized carbons (Fsp3) is 0.571. The van der Waals surface area contributed by atoms with Crippen molar-refractivity contribution in [1.29, 1.82) is 0 Å². The van der Waals surface area contributed by atoms with Gasteiger partial charge < -0.3 is 20.6 Å². The number of phenols is 3. The molecule has 0 aromatic heterocycles. The van der Waals surface area contributed by atoms with Gasteiger partial charge in [0.2, 0.25) is 5.75 Å². The van der Waals surface area contributed by atoms with E-state index in [9.17, 15) is 15.3 Å². The molecular weight excluding hydrogens is 262 g/mol. The first-order valence-electron chi connectivity index (χ1n) is 6.57. The van der Waals surface area contributed by atoms with E-state index in [4.69, 9.17) is 0 Å². The molecule has 106 valence electrons. The number of thioether (sulfide) groups is 1. The highest BCUT2D eigenvalue weighted by Gasteiger charge is 2.32. The van der Waals surface area contributed by atoms with Gasteiger partial charge in [-0.1, -0.05) is 18.9 Å². The molecule has 0 heterocycles. The van der Waals surface area contributed by atoms with Gasteiger partial charge in [-0.25, -0.2) is 0 Å². The Hall–Kier alpha value is -1.07. The predicted molar refractivity (Wildman–Crippen MR) is 77.9 cm³/mol. The van der Waals surface area contributed by atoms with Crippen molar-refractivity contribution < 1.29 is 15.3 Å². The van der Waals surface area contributed by atoms with Crippen molar-refractivity contribution in [2.75, 3.05) is 12.8 Å². The molecule has 1 fully saturated rings. The van der Waals surface area contributed by atoms with Crippen LogP contribution in [-0.4, -0.2) is 32.9 Å². The molecule has 1 aromatic carbocycles. The van der Waals surface area contributed by atoms with Crippen LogP contribution in [0.1, 0.15) is 31.2 Å². The molecule has 19 heavy (non-hydrogen) atoms. The Balaban J connectivity index is 1.94. The zero-order valence-corrected chi connectivity index (χ0v) is 12.0. The van der Waals surface area contributed by atoms with Crippen LogP contribution in [0.5, 0.6) is 17.2 Å². The molecule has 0 spiro atoms. The van der Waals surface area contributed by atoms with E-state index in [-0.39, 0.29) is 11.5 Å². The van der Waals surface area contributed by atoms with Gasteiger partial charge >= 0.3 is 0 Å². The summed E-state index contributed by atoms with van der Waals surface area (Å²) in [4.78, 5) is 0. The molecule has 4 nitrogen and oxygen atoms in total. The third-order valence-corrected chi connectivity index (χ3v) is 5.34. The first-order valence-corrected chi connectivity index (χ1v) is 7.79. The maximum atomic E-state index is 9.74. The summed E-state index contributed by atoms with van der Waals surface area (Å²) in [7, 11) is 0.